The van der Waals surface area contributed by atoms with E-state index < -0.39 is 11.8 Å². The molecule has 0 unspecified atom stereocenters. The molecule has 1 aromatic carbocycles. The Balaban J connectivity index is 2.75. The molecule has 0 spiro atoms. The first kappa shape index (κ1) is 16.3. The molecule has 2 N–H and O–H groups in total. The number of amides is 2. The third-order valence-electron chi connectivity index (χ3n) is 2.64. The van der Waals surface area contributed by atoms with Crippen molar-refractivity contribution >= 4 is 29.1 Å². The molecule has 0 aliphatic rings. The lowest BCUT2D eigenvalue weighted by atomic mass is 10.3. The zero-order valence-corrected chi connectivity index (χ0v) is 12.1. The molecule has 0 fully saturated rings. The number of benzene rings is 1. The predicted octanol–water partition coefficient (Wildman–Crippen LogP) is 1.13. The molecule has 0 saturated carbocycles. The molecule has 110 valence electrons. The molecular weight excluding hydrogens is 284 g/mol. The summed E-state index contributed by atoms with van der Waals surface area (Å²) >= 11 is 5.93. The van der Waals surface area contributed by atoms with Crippen LogP contribution in [0.15, 0.2) is 18.2 Å². The van der Waals surface area contributed by atoms with Gasteiger partial charge in [-0.15, -0.1) is 0 Å². The number of nitrogens with zero attached hydrogens (tertiary/aromatic N) is 1. The standard InChI is InChI=1S/C13H17ClN2O4/c1-3-16(6-7-17)13(19)12(18)15-9-4-5-11(20-2)10(14)8-9/h4-5,8,17H,3,6-7H2,1-2H3,(H,15,18). The van der Waals surface area contributed by atoms with Gasteiger partial charge in [0.15, 0.2) is 0 Å². The maximum absolute atomic E-state index is 11.8. The average molecular weight is 301 g/mol. The van der Waals surface area contributed by atoms with E-state index in [1.54, 1.807) is 19.1 Å². The number of hydrogen-bond donors (Lipinski definition) is 2. The summed E-state index contributed by atoms with van der Waals surface area (Å²) in [6.45, 7) is 1.99. The van der Waals surface area contributed by atoms with E-state index in [-0.39, 0.29) is 13.2 Å². The van der Waals surface area contributed by atoms with Crippen molar-refractivity contribution < 1.29 is 19.4 Å². The number of carbonyl (C=O) groups excluding carboxylic acids is 2. The highest BCUT2D eigenvalue weighted by Crippen LogP contribution is 2.27. The highest BCUT2D eigenvalue weighted by atomic mass is 35.5. The van der Waals surface area contributed by atoms with Crippen LogP contribution in [0.2, 0.25) is 5.02 Å². The van der Waals surface area contributed by atoms with Crippen molar-refractivity contribution in [3.05, 3.63) is 23.2 Å². The Morgan fingerprint density at radius 2 is 2.15 bits per heavy atom. The monoisotopic (exact) mass is 300 g/mol. The number of rotatable bonds is 5. The zero-order chi connectivity index (χ0) is 15.1. The van der Waals surface area contributed by atoms with E-state index in [4.69, 9.17) is 21.4 Å². The van der Waals surface area contributed by atoms with Crippen LogP contribution in [0.4, 0.5) is 5.69 Å². The van der Waals surface area contributed by atoms with Gasteiger partial charge in [0.2, 0.25) is 0 Å². The summed E-state index contributed by atoms with van der Waals surface area (Å²) in [4.78, 5) is 24.9. The van der Waals surface area contributed by atoms with Crippen molar-refractivity contribution in [1.29, 1.82) is 0 Å². The van der Waals surface area contributed by atoms with Crippen LogP contribution < -0.4 is 10.1 Å². The molecule has 1 rings (SSSR count). The Morgan fingerprint density at radius 1 is 1.45 bits per heavy atom. The Morgan fingerprint density at radius 3 is 2.65 bits per heavy atom. The third-order valence-corrected chi connectivity index (χ3v) is 2.94. The molecule has 0 aliphatic heterocycles. The minimum Gasteiger partial charge on any atom is -0.495 e. The van der Waals surface area contributed by atoms with Crippen LogP contribution in [0.25, 0.3) is 0 Å². The van der Waals surface area contributed by atoms with E-state index in [2.05, 4.69) is 5.32 Å². The average Bonchev–Trinajstić information content (AvgIpc) is 2.44. The normalized spacial score (nSPS) is 10.0. The first-order chi connectivity index (χ1) is 9.53. The van der Waals surface area contributed by atoms with Gasteiger partial charge in [-0.1, -0.05) is 11.6 Å². The molecule has 20 heavy (non-hydrogen) atoms. The molecule has 0 radical (unpaired) electrons. The quantitative estimate of drug-likeness (QED) is 0.799. The maximum atomic E-state index is 11.8. The lowest BCUT2D eigenvalue weighted by Crippen LogP contribution is -2.41. The summed E-state index contributed by atoms with van der Waals surface area (Å²) < 4.78 is 4.99. The molecule has 0 aromatic heterocycles. The molecule has 0 bridgehead atoms. The van der Waals surface area contributed by atoms with E-state index in [1.165, 1.54) is 18.1 Å². The van der Waals surface area contributed by atoms with E-state index in [0.29, 0.717) is 23.0 Å². The molecular formula is C13H17ClN2O4. The van der Waals surface area contributed by atoms with Gasteiger partial charge >= 0.3 is 11.8 Å². The minimum absolute atomic E-state index is 0.117. The van der Waals surface area contributed by atoms with Crippen molar-refractivity contribution in [1.82, 2.24) is 4.90 Å². The topological polar surface area (TPSA) is 78.9 Å². The van der Waals surface area contributed by atoms with Crippen molar-refractivity contribution in [2.24, 2.45) is 0 Å². The largest absolute Gasteiger partial charge is 0.495 e. The number of aliphatic hydroxyl groups is 1. The summed E-state index contributed by atoms with van der Waals surface area (Å²) in [5.41, 5.74) is 0.397. The van der Waals surface area contributed by atoms with Gasteiger partial charge < -0.3 is 20.1 Å². The Labute approximate surface area is 122 Å². The molecule has 6 nitrogen and oxygen atoms in total. The van der Waals surface area contributed by atoms with Crippen molar-refractivity contribution in [2.45, 2.75) is 6.92 Å². The smallest absolute Gasteiger partial charge is 0.313 e. The van der Waals surface area contributed by atoms with Crippen LogP contribution in [0.3, 0.4) is 0 Å². The molecule has 2 amide bonds. The number of nitrogens with one attached hydrogen (secondary N) is 1. The van der Waals surface area contributed by atoms with Crippen LogP contribution in [0.1, 0.15) is 6.92 Å². The van der Waals surface area contributed by atoms with Gasteiger partial charge in [-0.05, 0) is 25.1 Å². The number of methoxy groups -OCH3 is 1. The molecule has 0 aliphatic carbocycles. The number of halogens is 1. The lowest BCUT2D eigenvalue weighted by Gasteiger charge is -2.18. The fourth-order valence-corrected chi connectivity index (χ4v) is 1.85. The highest BCUT2D eigenvalue weighted by Gasteiger charge is 2.20. The zero-order valence-electron chi connectivity index (χ0n) is 11.4. The summed E-state index contributed by atoms with van der Waals surface area (Å²) in [5, 5.41) is 11.6. The summed E-state index contributed by atoms with van der Waals surface area (Å²) in [6, 6.07) is 4.67. The second-order valence-corrected chi connectivity index (χ2v) is 4.32. The lowest BCUT2D eigenvalue weighted by molar-refractivity contribution is -0.143. The van der Waals surface area contributed by atoms with Crippen LogP contribution >= 0.6 is 11.6 Å². The number of ether oxygens (including phenoxy) is 1. The Bertz CT molecular complexity index is 493. The van der Waals surface area contributed by atoms with Gasteiger partial charge in [0, 0.05) is 18.8 Å². The fourth-order valence-electron chi connectivity index (χ4n) is 1.60. The van der Waals surface area contributed by atoms with E-state index in [1.807, 2.05) is 0 Å². The van der Waals surface area contributed by atoms with Crippen LogP contribution in [-0.2, 0) is 9.59 Å². The second-order valence-electron chi connectivity index (χ2n) is 3.91. The molecule has 1 aromatic rings. The SMILES string of the molecule is CCN(CCO)C(=O)C(=O)Nc1ccc(OC)c(Cl)c1. The number of aliphatic hydroxyl groups excluding tert-OH is 1. The Kier molecular flexibility index (Phi) is 6.27. The van der Waals surface area contributed by atoms with Gasteiger partial charge in [0.05, 0.1) is 18.7 Å². The van der Waals surface area contributed by atoms with Crippen LogP contribution in [0.5, 0.6) is 5.75 Å². The van der Waals surface area contributed by atoms with E-state index in [0.717, 1.165) is 0 Å². The summed E-state index contributed by atoms with van der Waals surface area (Å²) in [5.74, 6) is -0.999. The van der Waals surface area contributed by atoms with Gasteiger partial charge in [-0.3, -0.25) is 9.59 Å². The minimum atomic E-state index is -0.776. The van der Waals surface area contributed by atoms with Crippen LogP contribution in [0, 0.1) is 0 Å². The van der Waals surface area contributed by atoms with Gasteiger partial charge in [0.1, 0.15) is 5.75 Å². The number of likely N-dealkylation sites (N-methyl/N-ethyl adjacent to an activating group) is 1. The number of hydrogen-bond acceptors (Lipinski definition) is 4. The highest BCUT2D eigenvalue weighted by molar-refractivity contribution is 6.39. The predicted molar refractivity (Wildman–Crippen MR) is 76.0 cm³/mol. The van der Waals surface area contributed by atoms with E-state index >= 15 is 0 Å². The van der Waals surface area contributed by atoms with Gasteiger partial charge in [-0.25, -0.2) is 0 Å². The molecule has 0 saturated heterocycles. The van der Waals surface area contributed by atoms with Crippen LogP contribution in [-0.4, -0.2) is 48.6 Å². The molecule has 0 atom stereocenters. The van der Waals surface area contributed by atoms with Crippen molar-refractivity contribution in [3.8, 4) is 5.75 Å². The maximum Gasteiger partial charge on any atom is 0.313 e. The fraction of sp³-hybridized carbons (Fsp3) is 0.385. The summed E-state index contributed by atoms with van der Waals surface area (Å²) in [7, 11) is 1.48. The van der Waals surface area contributed by atoms with Crippen molar-refractivity contribution in [2.75, 3.05) is 32.1 Å². The van der Waals surface area contributed by atoms with E-state index in [9.17, 15) is 9.59 Å². The first-order valence-corrected chi connectivity index (χ1v) is 6.45. The Hall–Kier alpha value is -1.79. The third kappa shape index (κ3) is 4.11. The number of carbonyl (C=O) groups is 2. The first-order valence-electron chi connectivity index (χ1n) is 6.08. The van der Waals surface area contributed by atoms with Gasteiger partial charge in [0.25, 0.3) is 0 Å². The number of anilines is 1. The van der Waals surface area contributed by atoms with Gasteiger partial charge in [-0.2, -0.15) is 0 Å². The molecule has 7 heteroatoms. The summed E-state index contributed by atoms with van der Waals surface area (Å²) in [6.07, 6.45) is 0. The van der Waals surface area contributed by atoms with Crippen molar-refractivity contribution in [3.63, 3.8) is 0 Å². The second kappa shape index (κ2) is 7.72. The molecule has 0 heterocycles.